The van der Waals surface area contributed by atoms with Crippen molar-refractivity contribution in [3.05, 3.63) is 87.1 Å². The first kappa shape index (κ1) is 24.6. The van der Waals surface area contributed by atoms with Gasteiger partial charge in [0.05, 0.1) is 33.9 Å². The standard InChI is InChI=1S/C26H22F3N3O2S/c1-15-7-2-5-10-19(15)31-22(34)14-35-25-17(13-30)23(24-20(32-25)11-6-12-21(24)33)16-8-3-4-9-18(16)26(27,28)29/h2-5,7-10,23,32H,6,11-12,14H2,1H3,(H,31,34). The van der Waals surface area contributed by atoms with E-state index in [1.807, 2.05) is 25.1 Å². The van der Waals surface area contributed by atoms with Gasteiger partial charge in [-0.05, 0) is 43.0 Å². The van der Waals surface area contributed by atoms with Crippen LogP contribution in [-0.2, 0) is 15.8 Å². The Morgan fingerprint density at radius 3 is 2.60 bits per heavy atom. The van der Waals surface area contributed by atoms with Crippen molar-refractivity contribution < 1.29 is 22.8 Å². The van der Waals surface area contributed by atoms with Crippen LogP contribution in [0, 0.1) is 18.3 Å². The molecule has 2 aromatic rings. The predicted molar refractivity (Wildman–Crippen MR) is 128 cm³/mol. The fourth-order valence-electron chi connectivity index (χ4n) is 4.39. The van der Waals surface area contributed by atoms with Crippen molar-refractivity contribution in [1.29, 1.82) is 5.26 Å². The number of ketones is 1. The van der Waals surface area contributed by atoms with Gasteiger partial charge in [0.1, 0.15) is 0 Å². The molecule has 1 aliphatic carbocycles. The van der Waals surface area contributed by atoms with Crippen molar-refractivity contribution in [3.8, 4) is 6.07 Å². The largest absolute Gasteiger partial charge is 0.416 e. The Hall–Kier alpha value is -3.51. The minimum Gasteiger partial charge on any atom is -0.352 e. The van der Waals surface area contributed by atoms with Crippen molar-refractivity contribution in [1.82, 2.24) is 5.32 Å². The second kappa shape index (κ2) is 10.0. The Kier molecular flexibility index (Phi) is 7.03. The number of halogens is 3. The van der Waals surface area contributed by atoms with E-state index in [0.29, 0.717) is 29.3 Å². The number of alkyl halides is 3. The van der Waals surface area contributed by atoms with Crippen LogP contribution in [0.2, 0.25) is 0 Å². The second-order valence-electron chi connectivity index (χ2n) is 8.32. The highest BCUT2D eigenvalue weighted by atomic mass is 32.2. The summed E-state index contributed by atoms with van der Waals surface area (Å²) < 4.78 is 41.6. The van der Waals surface area contributed by atoms with Crippen LogP contribution in [0.3, 0.4) is 0 Å². The lowest BCUT2D eigenvalue weighted by Gasteiger charge is -2.34. The van der Waals surface area contributed by atoms with Gasteiger partial charge < -0.3 is 10.6 Å². The van der Waals surface area contributed by atoms with Crippen molar-refractivity contribution in [2.24, 2.45) is 0 Å². The molecular formula is C26H22F3N3O2S. The van der Waals surface area contributed by atoms with E-state index in [9.17, 15) is 28.0 Å². The molecular weight excluding hydrogens is 475 g/mol. The number of anilines is 1. The van der Waals surface area contributed by atoms with Crippen molar-refractivity contribution in [2.45, 2.75) is 38.3 Å². The third-order valence-corrected chi connectivity index (χ3v) is 7.02. The molecule has 4 rings (SSSR count). The minimum atomic E-state index is -4.65. The average Bonchev–Trinajstić information content (AvgIpc) is 2.83. The first-order valence-corrected chi connectivity index (χ1v) is 12.0. The molecule has 0 bridgehead atoms. The quantitative estimate of drug-likeness (QED) is 0.545. The number of nitrogens with one attached hydrogen (secondary N) is 2. The van der Waals surface area contributed by atoms with Crippen LogP contribution in [-0.4, -0.2) is 17.4 Å². The SMILES string of the molecule is Cc1ccccc1NC(=O)CSC1=C(C#N)C(c2ccccc2C(F)(F)F)C2=C(CCCC2=O)N1. The lowest BCUT2D eigenvalue weighted by molar-refractivity contribution is -0.138. The monoisotopic (exact) mass is 497 g/mol. The summed E-state index contributed by atoms with van der Waals surface area (Å²) in [6.45, 7) is 1.86. The average molecular weight is 498 g/mol. The van der Waals surface area contributed by atoms with E-state index in [2.05, 4.69) is 10.6 Å². The smallest absolute Gasteiger partial charge is 0.352 e. The zero-order chi connectivity index (χ0) is 25.2. The lowest BCUT2D eigenvalue weighted by atomic mass is 9.75. The first-order chi connectivity index (χ1) is 16.7. The molecule has 9 heteroatoms. The number of nitrogens with zero attached hydrogens (tertiary/aromatic N) is 1. The summed E-state index contributed by atoms with van der Waals surface area (Å²) in [4.78, 5) is 25.5. The lowest BCUT2D eigenvalue weighted by Crippen LogP contribution is -2.32. The van der Waals surface area contributed by atoms with Crippen molar-refractivity contribution >= 4 is 29.1 Å². The zero-order valence-corrected chi connectivity index (χ0v) is 19.6. The molecule has 0 fully saturated rings. The highest BCUT2D eigenvalue weighted by molar-refractivity contribution is 8.03. The van der Waals surface area contributed by atoms with Crippen LogP contribution >= 0.6 is 11.8 Å². The number of carbonyl (C=O) groups excluding carboxylic acids is 2. The predicted octanol–water partition coefficient (Wildman–Crippen LogP) is 5.81. The third-order valence-electron chi connectivity index (χ3n) is 6.01. The first-order valence-electron chi connectivity index (χ1n) is 11.0. The van der Waals surface area contributed by atoms with Gasteiger partial charge in [0.15, 0.2) is 5.78 Å². The van der Waals surface area contributed by atoms with Gasteiger partial charge in [-0.15, -0.1) is 0 Å². The number of allylic oxidation sites excluding steroid dienone is 3. The Labute approximate surface area is 205 Å². The van der Waals surface area contributed by atoms with E-state index in [1.54, 1.807) is 12.1 Å². The van der Waals surface area contributed by atoms with E-state index in [1.165, 1.54) is 18.2 Å². The number of nitriles is 1. The highest BCUT2D eigenvalue weighted by Crippen LogP contribution is 2.47. The van der Waals surface area contributed by atoms with Crippen LogP contribution in [0.1, 0.15) is 41.9 Å². The topological polar surface area (TPSA) is 82.0 Å². The van der Waals surface area contributed by atoms with E-state index >= 15 is 0 Å². The maximum atomic E-state index is 13.9. The Morgan fingerprint density at radius 2 is 1.89 bits per heavy atom. The number of carbonyl (C=O) groups is 2. The summed E-state index contributed by atoms with van der Waals surface area (Å²) in [7, 11) is 0. The van der Waals surface area contributed by atoms with Crippen LogP contribution in [0.15, 0.2) is 70.4 Å². The molecule has 0 aromatic heterocycles. The van der Waals surface area contributed by atoms with E-state index < -0.39 is 17.7 Å². The summed E-state index contributed by atoms with van der Waals surface area (Å²) >= 11 is 1.04. The van der Waals surface area contributed by atoms with Gasteiger partial charge in [0.2, 0.25) is 5.91 Å². The van der Waals surface area contributed by atoms with Crippen LogP contribution in [0.25, 0.3) is 0 Å². The van der Waals surface area contributed by atoms with Gasteiger partial charge >= 0.3 is 6.18 Å². The third kappa shape index (κ3) is 5.13. The number of dihydropyridines is 1. The summed E-state index contributed by atoms with van der Waals surface area (Å²) in [6.07, 6.45) is -3.40. The van der Waals surface area contributed by atoms with Crippen LogP contribution < -0.4 is 10.6 Å². The fourth-order valence-corrected chi connectivity index (χ4v) is 5.25. The van der Waals surface area contributed by atoms with Crippen LogP contribution in [0.4, 0.5) is 18.9 Å². The Morgan fingerprint density at radius 1 is 1.17 bits per heavy atom. The normalized spacial score (nSPS) is 18.0. The molecule has 1 aliphatic heterocycles. The maximum absolute atomic E-state index is 13.9. The molecule has 0 saturated heterocycles. The number of amides is 1. The van der Waals surface area contributed by atoms with Gasteiger partial charge in [-0.1, -0.05) is 48.2 Å². The maximum Gasteiger partial charge on any atom is 0.416 e. The molecule has 180 valence electrons. The molecule has 1 heterocycles. The number of para-hydroxylation sites is 1. The van der Waals surface area contributed by atoms with E-state index in [-0.39, 0.29) is 40.6 Å². The molecule has 2 N–H and O–H groups in total. The zero-order valence-electron chi connectivity index (χ0n) is 18.8. The molecule has 0 saturated carbocycles. The Bertz CT molecular complexity index is 1290. The number of thioether (sulfide) groups is 1. The van der Waals surface area contributed by atoms with Gasteiger partial charge in [0, 0.05) is 23.4 Å². The molecule has 0 radical (unpaired) electrons. The number of Topliss-reactive ketones (excluding diaryl/α,β-unsaturated/α-hetero) is 1. The molecule has 1 amide bonds. The van der Waals surface area contributed by atoms with Crippen LogP contribution in [0.5, 0.6) is 0 Å². The number of hydrogen-bond donors (Lipinski definition) is 2. The number of aryl methyl sites for hydroxylation is 1. The summed E-state index contributed by atoms with van der Waals surface area (Å²) in [5.41, 5.74) is 1.25. The summed E-state index contributed by atoms with van der Waals surface area (Å²) in [6, 6.07) is 14.3. The number of hydrogen-bond acceptors (Lipinski definition) is 5. The highest BCUT2D eigenvalue weighted by Gasteiger charge is 2.42. The second-order valence-corrected chi connectivity index (χ2v) is 9.30. The molecule has 5 nitrogen and oxygen atoms in total. The fraction of sp³-hybridized carbons (Fsp3) is 0.269. The van der Waals surface area contributed by atoms with Crippen molar-refractivity contribution in [2.75, 3.05) is 11.1 Å². The molecule has 2 aliphatic rings. The van der Waals surface area contributed by atoms with Gasteiger partial charge in [-0.2, -0.15) is 18.4 Å². The number of rotatable bonds is 5. The van der Waals surface area contributed by atoms with E-state index in [0.717, 1.165) is 23.4 Å². The summed E-state index contributed by atoms with van der Waals surface area (Å²) in [5, 5.41) is 16.2. The number of benzene rings is 2. The molecule has 2 aromatic carbocycles. The Balaban J connectivity index is 1.70. The van der Waals surface area contributed by atoms with Crippen molar-refractivity contribution in [3.63, 3.8) is 0 Å². The molecule has 35 heavy (non-hydrogen) atoms. The molecule has 0 spiro atoms. The van der Waals surface area contributed by atoms with Gasteiger partial charge in [-0.3, -0.25) is 9.59 Å². The summed E-state index contributed by atoms with van der Waals surface area (Å²) in [5.74, 6) is -1.80. The minimum absolute atomic E-state index is 0.00407. The molecule has 1 unspecified atom stereocenters. The molecule has 1 atom stereocenters. The van der Waals surface area contributed by atoms with Gasteiger partial charge in [0.25, 0.3) is 0 Å². The van der Waals surface area contributed by atoms with Gasteiger partial charge in [-0.25, -0.2) is 0 Å². The van der Waals surface area contributed by atoms with E-state index in [4.69, 9.17) is 0 Å².